The SMILES string of the molecule is C=CCN(CC(=O)O)Cc1c(Br)ccc2c1OCO2. The third kappa shape index (κ3) is 3.27. The molecule has 0 unspecified atom stereocenters. The first kappa shape index (κ1) is 13.9. The number of carboxylic acids is 1. The van der Waals surface area contributed by atoms with Crippen molar-refractivity contribution in [3.05, 3.63) is 34.8 Å². The highest BCUT2D eigenvalue weighted by molar-refractivity contribution is 9.10. The number of hydrogen-bond donors (Lipinski definition) is 1. The van der Waals surface area contributed by atoms with E-state index in [1.165, 1.54) is 0 Å². The largest absolute Gasteiger partial charge is 0.480 e. The maximum atomic E-state index is 10.8. The van der Waals surface area contributed by atoms with Gasteiger partial charge in [-0.1, -0.05) is 22.0 Å². The monoisotopic (exact) mass is 327 g/mol. The van der Waals surface area contributed by atoms with Crippen molar-refractivity contribution in [2.24, 2.45) is 0 Å². The fraction of sp³-hybridized carbons (Fsp3) is 0.308. The zero-order valence-corrected chi connectivity index (χ0v) is 11.9. The molecule has 1 aromatic rings. The van der Waals surface area contributed by atoms with Crippen LogP contribution in [-0.2, 0) is 11.3 Å². The minimum atomic E-state index is -0.872. The lowest BCUT2D eigenvalue weighted by atomic mass is 10.1. The van der Waals surface area contributed by atoms with Gasteiger partial charge in [0.25, 0.3) is 0 Å². The molecule has 0 saturated carbocycles. The Morgan fingerprint density at radius 1 is 1.53 bits per heavy atom. The lowest BCUT2D eigenvalue weighted by Gasteiger charge is -2.20. The second-order valence-electron chi connectivity index (χ2n) is 4.11. The third-order valence-corrected chi connectivity index (χ3v) is 3.46. The number of carboxylic acid groups (broad SMARTS) is 1. The molecule has 2 rings (SSSR count). The van der Waals surface area contributed by atoms with Crippen LogP contribution in [0.5, 0.6) is 11.5 Å². The number of benzene rings is 1. The van der Waals surface area contributed by atoms with Gasteiger partial charge in [-0.25, -0.2) is 0 Å². The molecule has 1 aliphatic rings. The average Bonchev–Trinajstić information content (AvgIpc) is 2.80. The molecule has 6 heteroatoms. The van der Waals surface area contributed by atoms with Gasteiger partial charge in [0.1, 0.15) is 0 Å². The summed E-state index contributed by atoms with van der Waals surface area (Å²) in [5.74, 6) is 0.489. The standard InChI is InChI=1S/C13H14BrNO4/c1-2-5-15(7-12(16)17)6-9-10(14)3-4-11-13(9)19-8-18-11/h2-4H,1,5-8H2,(H,16,17). The molecule has 0 atom stereocenters. The first-order valence-corrected chi connectivity index (χ1v) is 6.53. The third-order valence-electron chi connectivity index (χ3n) is 2.71. The van der Waals surface area contributed by atoms with E-state index >= 15 is 0 Å². The number of halogens is 1. The Hall–Kier alpha value is -1.53. The molecule has 5 nitrogen and oxygen atoms in total. The van der Waals surface area contributed by atoms with Gasteiger partial charge in [0.15, 0.2) is 11.5 Å². The molecule has 0 fully saturated rings. The van der Waals surface area contributed by atoms with E-state index in [-0.39, 0.29) is 13.3 Å². The first-order chi connectivity index (χ1) is 9.11. The summed E-state index contributed by atoms with van der Waals surface area (Å²) in [5.41, 5.74) is 0.887. The summed E-state index contributed by atoms with van der Waals surface area (Å²) in [6.07, 6.45) is 1.68. The fourth-order valence-electron chi connectivity index (χ4n) is 1.94. The van der Waals surface area contributed by atoms with Crippen LogP contribution in [0.3, 0.4) is 0 Å². The molecule has 0 saturated heterocycles. The number of rotatable bonds is 6. The lowest BCUT2D eigenvalue weighted by molar-refractivity contribution is -0.138. The Morgan fingerprint density at radius 2 is 2.32 bits per heavy atom. The predicted octanol–water partition coefficient (Wildman–Crippen LogP) is 2.25. The van der Waals surface area contributed by atoms with Crippen molar-refractivity contribution in [2.45, 2.75) is 6.54 Å². The maximum absolute atomic E-state index is 10.8. The smallest absolute Gasteiger partial charge is 0.317 e. The highest BCUT2D eigenvalue weighted by atomic mass is 79.9. The molecule has 1 aliphatic heterocycles. The topological polar surface area (TPSA) is 59.0 Å². The van der Waals surface area contributed by atoms with Crippen LogP contribution in [0.1, 0.15) is 5.56 Å². The summed E-state index contributed by atoms with van der Waals surface area (Å²) >= 11 is 3.46. The van der Waals surface area contributed by atoms with E-state index in [1.54, 1.807) is 11.0 Å². The maximum Gasteiger partial charge on any atom is 0.317 e. The molecule has 0 radical (unpaired) electrons. The highest BCUT2D eigenvalue weighted by Crippen LogP contribution is 2.40. The number of nitrogens with zero attached hydrogens (tertiary/aromatic N) is 1. The molecule has 1 heterocycles. The van der Waals surface area contributed by atoms with Crippen molar-refractivity contribution < 1.29 is 19.4 Å². The molecular formula is C13H14BrNO4. The van der Waals surface area contributed by atoms with Crippen molar-refractivity contribution in [1.29, 1.82) is 0 Å². The van der Waals surface area contributed by atoms with E-state index in [0.717, 1.165) is 10.0 Å². The van der Waals surface area contributed by atoms with Crippen LogP contribution in [0.15, 0.2) is 29.3 Å². The predicted molar refractivity (Wildman–Crippen MR) is 73.4 cm³/mol. The molecule has 1 aromatic carbocycles. The van der Waals surface area contributed by atoms with Crippen molar-refractivity contribution in [3.63, 3.8) is 0 Å². The van der Waals surface area contributed by atoms with Crippen LogP contribution in [0.2, 0.25) is 0 Å². The van der Waals surface area contributed by atoms with Gasteiger partial charge < -0.3 is 14.6 Å². The highest BCUT2D eigenvalue weighted by Gasteiger charge is 2.22. The Balaban J connectivity index is 2.23. The van der Waals surface area contributed by atoms with Crippen LogP contribution in [0.4, 0.5) is 0 Å². The summed E-state index contributed by atoms with van der Waals surface area (Å²) in [7, 11) is 0. The van der Waals surface area contributed by atoms with E-state index in [9.17, 15) is 4.79 Å². The summed E-state index contributed by atoms with van der Waals surface area (Å²) in [4.78, 5) is 12.6. The Bertz CT molecular complexity index is 504. The van der Waals surface area contributed by atoms with E-state index < -0.39 is 5.97 Å². The van der Waals surface area contributed by atoms with Gasteiger partial charge in [0.05, 0.1) is 6.54 Å². The van der Waals surface area contributed by atoms with Gasteiger partial charge in [-0.05, 0) is 12.1 Å². The Labute approximate surface area is 119 Å². The molecule has 19 heavy (non-hydrogen) atoms. The normalized spacial score (nSPS) is 12.7. The molecule has 102 valence electrons. The quantitative estimate of drug-likeness (QED) is 0.812. The zero-order valence-electron chi connectivity index (χ0n) is 10.3. The van der Waals surface area contributed by atoms with Crippen LogP contribution in [0, 0.1) is 0 Å². The van der Waals surface area contributed by atoms with Crippen LogP contribution in [-0.4, -0.2) is 35.9 Å². The molecule has 0 bridgehead atoms. The number of ether oxygens (including phenoxy) is 2. The number of fused-ring (bicyclic) bond motifs is 1. The first-order valence-electron chi connectivity index (χ1n) is 5.74. The summed E-state index contributed by atoms with van der Waals surface area (Å²) in [6.45, 7) is 4.72. The average molecular weight is 328 g/mol. The lowest BCUT2D eigenvalue weighted by Crippen LogP contribution is -2.29. The van der Waals surface area contributed by atoms with Gasteiger partial charge in [-0.2, -0.15) is 0 Å². The second-order valence-corrected chi connectivity index (χ2v) is 4.97. The van der Waals surface area contributed by atoms with E-state index in [2.05, 4.69) is 22.5 Å². The molecule has 1 N–H and O–H groups in total. The van der Waals surface area contributed by atoms with Crippen molar-refractivity contribution in [3.8, 4) is 11.5 Å². The fourth-order valence-corrected chi connectivity index (χ4v) is 2.37. The van der Waals surface area contributed by atoms with Crippen LogP contribution < -0.4 is 9.47 Å². The Morgan fingerprint density at radius 3 is 3.00 bits per heavy atom. The number of carbonyl (C=O) groups is 1. The molecule has 0 amide bonds. The summed E-state index contributed by atoms with van der Waals surface area (Å²) in [6, 6.07) is 3.70. The van der Waals surface area contributed by atoms with Crippen molar-refractivity contribution in [2.75, 3.05) is 19.9 Å². The number of aliphatic carboxylic acids is 1. The second kappa shape index (κ2) is 6.08. The zero-order chi connectivity index (χ0) is 13.8. The van der Waals surface area contributed by atoms with Gasteiger partial charge in [0.2, 0.25) is 6.79 Å². The molecule has 0 aromatic heterocycles. The molecule has 0 aliphatic carbocycles. The van der Waals surface area contributed by atoms with Crippen molar-refractivity contribution >= 4 is 21.9 Å². The molecule has 0 spiro atoms. The summed E-state index contributed by atoms with van der Waals surface area (Å²) < 4.78 is 11.6. The van der Waals surface area contributed by atoms with E-state index in [4.69, 9.17) is 14.6 Å². The van der Waals surface area contributed by atoms with Gasteiger partial charge in [-0.3, -0.25) is 9.69 Å². The van der Waals surface area contributed by atoms with Crippen LogP contribution >= 0.6 is 15.9 Å². The van der Waals surface area contributed by atoms with Crippen molar-refractivity contribution in [1.82, 2.24) is 4.90 Å². The van der Waals surface area contributed by atoms with Gasteiger partial charge in [0, 0.05) is 23.1 Å². The Kier molecular flexibility index (Phi) is 4.44. The summed E-state index contributed by atoms with van der Waals surface area (Å²) in [5, 5.41) is 8.91. The van der Waals surface area contributed by atoms with Crippen LogP contribution in [0.25, 0.3) is 0 Å². The van der Waals surface area contributed by atoms with E-state index in [0.29, 0.717) is 24.6 Å². The minimum Gasteiger partial charge on any atom is -0.480 e. The number of hydrogen-bond acceptors (Lipinski definition) is 4. The van der Waals surface area contributed by atoms with E-state index in [1.807, 2.05) is 12.1 Å². The molecular weight excluding hydrogens is 314 g/mol. The van der Waals surface area contributed by atoms with Gasteiger partial charge in [-0.15, -0.1) is 6.58 Å². The minimum absolute atomic E-state index is 0.0526. The van der Waals surface area contributed by atoms with Gasteiger partial charge >= 0.3 is 5.97 Å².